The first kappa shape index (κ1) is 47.2. The number of nitrogens with two attached hydrogens (primary N) is 1. The molecule has 0 unspecified atom stereocenters. The molecule has 0 saturated heterocycles. The number of aromatic hydroxyl groups is 1. The molecule has 0 fully saturated rings. The van der Waals surface area contributed by atoms with Crippen LogP contribution in [-0.2, 0) is 44.7 Å². The van der Waals surface area contributed by atoms with Crippen molar-refractivity contribution in [2.24, 2.45) is 20.5 Å². The van der Waals surface area contributed by atoms with Gasteiger partial charge >= 0.3 is 10.4 Å². The van der Waals surface area contributed by atoms with Crippen LogP contribution in [-0.4, -0.2) is 86.3 Å². The van der Waals surface area contributed by atoms with Gasteiger partial charge in [-0.05, 0) is 97.4 Å². The number of nitrogen functional groups attached to an aromatic ring is 1. The Morgan fingerprint density at radius 3 is 2.14 bits per heavy atom. The van der Waals surface area contributed by atoms with Crippen molar-refractivity contribution in [1.82, 2.24) is 15.0 Å². The van der Waals surface area contributed by atoms with E-state index in [1.54, 1.807) is 18.2 Å². The summed E-state index contributed by atoms with van der Waals surface area (Å²) in [5.74, 6) is -1.40. The number of halogens is 1. The van der Waals surface area contributed by atoms with E-state index in [0.717, 1.165) is 24.3 Å². The fraction of sp³-hybridized carbons (Fsp3) is 0.171. The van der Waals surface area contributed by atoms with Crippen LogP contribution in [0.15, 0.2) is 114 Å². The second-order valence-corrected chi connectivity index (χ2v) is 19.6. The lowest BCUT2D eigenvalue weighted by Gasteiger charge is -2.16. The topological polar surface area (TPSA) is 377 Å². The Balaban J connectivity index is 1.25. The quantitative estimate of drug-likeness (QED) is 0.0274. The Hall–Kier alpha value is -6.24. The van der Waals surface area contributed by atoms with Gasteiger partial charge in [-0.15, -0.1) is 15.3 Å². The fourth-order valence-corrected chi connectivity index (χ4v) is 8.86. The van der Waals surface area contributed by atoms with Gasteiger partial charge in [0, 0.05) is 28.9 Å². The molecule has 1 aliphatic carbocycles. The number of aromatic nitrogens is 3. The number of nitrogens with one attached hydrogen (secondary N) is 3. The van der Waals surface area contributed by atoms with Crippen molar-refractivity contribution in [2.75, 3.05) is 40.6 Å². The van der Waals surface area contributed by atoms with Crippen molar-refractivity contribution in [2.45, 2.75) is 29.6 Å². The van der Waals surface area contributed by atoms with Crippen molar-refractivity contribution >= 4 is 115 Å². The van der Waals surface area contributed by atoms with Crippen molar-refractivity contribution in [3.05, 3.63) is 88.7 Å². The van der Waals surface area contributed by atoms with Gasteiger partial charge in [-0.25, -0.2) is 12.6 Å². The number of azo groups is 2. The van der Waals surface area contributed by atoms with Crippen LogP contribution in [0.4, 0.5) is 51.7 Å². The van der Waals surface area contributed by atoms with Gasteiger partial charge in [-0.3, -0.25) is 13.7 Å². The molecule has 64 heavy (non-hydrogen) atoms. The van der Waals surface area contributed by atoms with Crippen molar-refractivity contribution in [1.29, 1.82) is 0 Å². The lowest BCUT2D eigenvalue weighted by molar-refractivity contribution is 0.284. The van der Waals surface area contributed by atoms with E-state index in [-0.39, 0.29) is 79.8 Å². The zero-order chi connectivity index (χ0) is 46.6. The van der Waals surface area contributed by atoms with E-state index < -0.39 is 68.4 Å². The van der Waals surface area contributed by atoms with Crippen LogP contribution >= 0.6 is 11.6 Å². The third-order valence-corrected chi connectivity index (χ3v) is 12.9. The molecule has 4 aromatic carbocycles. The van der Waals surface area contributed by atoms with E-state index in [9.17, 15) is 47.9 Å². The lowest BCUT2D eigenvalue weighted by Crippen LogP contribution is -2.18. The minimum absolute atomic E-state index is 0.0123. The summed E-state index contributed by atoms with van der Waals surface area (Å²) in [7, 11) is -18.4. The average molecular weight is 980 g/mol. The van der Waals surface area contributed by atoms with Crippen LogP contribution in [0.3, 0.4) is 0 Å². The smallest absolute Gasteiger partial charge is 0.397 e. The first-order chi connectivity index (χ1) is 30.0. The van der Waals surface area contributed by atoms with Gasteiger partial charge in [0.05, 0.1) is 39.7 Å². The monoisotopic (exact) mass is 979 g/mol. The number of benzene rings is 4. The molecule has 9 N–H and O–H groups in total. The van der Waals surface area contributed by atoms with Gasteiger partial charge in [0.25, 0.3) is 20.2 Å². The van der Waals surface area contributed by atoms with Gasteiger partial charge in [-0.2, -0.15) is 45.3 Å². The highest BCUT2D eigenvalue weighted by atomic mass is 35.5. The SMILES string of the molecule is CCNc1ccc(N=Nc2ccc(N=Nc3c(N)ccc4cc(S(=O)(=O)O)cc(O)c34)c(S(=O)(=O)O)c2)c(Nc2nc(Cl)nc(NC3=CC=C(S(=O)(=O)CCOS(=O)(=O)O)CC3)n2)c1. The molecule has 0 radical (unpaired) electrons. The fourth-order valence-electron chi connectivity index (χ4n) is 5.87. The molecule has 0 atom stereocenters. The Kier molecular flexibility index (Phi) is 13.9. The van der Waals surface area contributed by atoms with E-state index in [0.29, 0.717) is 17.9 Å². The Morgan fingerprint density at radius 2 is 1.48 bits per heavy atom. The Bertz CT molecular complexity index is 3260. The molecule has 0 bridgehead atoms. The molecule has 5 aromatic rings. The minimum Gasteiger partial charge on any atom is -0.507 e. The zero-order valence-electron chi connectivity index (χ0n) is 32.6. The first-order valence-corrected chi connectivity index (χ1v) is 24.3. The third kappa shape index (κ3) is 12.1. The van der Waals surface area contributed by atoms with Gasteiger partial charge < -0.3 is 26.8 Å². The molecule has 0 amide bonds. The molecule has 1 aromatic heterocycles. The molecular weight excluding hydrogens is 946 g/mol. The largest absolute Gasteiger partial charge is 0.507 e. The normalized spacial score (nSPS) is 13.9. The predicted molar refractivity (Wildman–Crippen MR) is 233 cm³/mol. The number of phenols is 1. The van der Waals surface area contributed by atoms with Crippen LogP contribution in [0, 0.1) is 0 Å². The summed E-state index contributed by atoms with van der Waals surface area (Å²) in [5, 5.41) is 35.9. The first-order valence-electron chi connectivity index (χ1n) is 18.0. The number of rotatable bonds is 17. The highest BCUT2D eigenvalue weighted by Crippen LogP contribution is 2.41. The van der Waals surface area contributed by atoms with Crippen LogP contribution in [0.1, 0.15) is 19.8 Å². The summed E-state index contributed by atoms with van der Waals surface area (Å²) in [6, 6.07) is 12.8. The number of sulfone groups is 1. The molecule has 1 aliphatic rings. The number of phenolic OH excluding ortho intramolecular Hbond substituents is 1. The predicted octanol–water partition coefficient (Wildman–Crippen LogP) is 6.67. The van der Waals surface area contributed by atoms with Crippen molar-refractivity contribution in [3.8, 4) is 5.75 Å². The van der Waals surface area contributed by atoms with Crippen LogP contribution < -0.4 is 21.7 Å². The van der Waals surface area contributed by atoms with E-state index >= 15 is 0 Å². The van der Waals surface area contributed by atoms with E-state index in [1.165, 1.54) is 30.4 Å². The molecule has 0 aliphatic heterocycles. The van der Waals surface area contributed by atoms with Crippen LogP contribution in [0.5, 0.6) is 5.75 Å². The number of nitrogens with zero attached hydrogens (tertiary/aromatic N) is 7. The number of fused-ring (bicyclic) bond motifs is 1. The van der Waals surface area contributed by atoms with Gasteiger partial charge in [0.2, 0.25) is 17.2 Å². The van der Waals surface area contributed by atoms with Gasteiger partial charge in [0.15, 0.2) is 9.84 Å². The maximum atomic E-state index is 12.6. The highest BCUT2D eigenvalue weighted by molar-refractivity contribution is 7.95. The second-order valence-electron chi connectivity index (χ2n) is 13.2. The van der Waals surface area contributed by atoms with E-state index in [2.05, 4.69) is 55.5 Å². The van der Waals surface area contributed by atoms with Crippen LogP contribution in [0.25, 0.3) is 10.8 Å². The second kappa shape index (κ2) is 18.8. The highest BCUT2D eigenvalue weighted by Gasteiger charge is 2.23. The number of hydrogen-bond acceptors (Lipinski definition) is 21. The molecule has 0 saturated carbocycles. The van der Waals surface area contributed by atoms with Crippen molar-refractivity contribution < 1.29 is 56.6 Å². The zero-order valence-corrected chi connectivity index (χ0v) is 36.7. The summed E-state index contributed by atoms with van der Waals surface area (Å²) in [6.07, 6.45) is 3.00. The summed E-state index contributed by atoms with van der Waals surface area (Å²) in [5.41, 5.74) is 6.99. The van der Waals surface area contributed by atoms with Gasteiger partial charge in [-0.1, -0.05) is 6.07 Å². The molecule has 0 spiro atoms. The molecular formula is C35H34ClN11O13S4. The summed E-state index contributed by atoms with van der Waals surface area (Å²) >= 11 is 6.23. The maximum absolute atomic E-state index is 12.6. The summed E-state index contributed by atoms with van der Waals surface area (Å²) in [6.45, 7) is 1.65. The maximum Gasteiger partial charge on any atom is 0.397 e. The number of allylic oxidation sites excluding steroid dienone is 4. The molecule has 1 heterocycles. The summed E-state index contributed by atoms with van der Waals surface area (Å²) in [4.78, 5) is 11.2. The minimum atomic E-state index is -4.98. The third-order valence-electron chi connectivity index (χ3n) is 8.72. The standard InChI is InChI=1S/C35H34ClN11O13S4/c1-2-38-21-6-11-26(28(16-21)40-35-42-33(36)41-34(43-35)39-20-4-8-23(9-5-20)61(49,50)14-13-60-64(57,58)59)45-44-22-7-12-27(30(17-22)63(54,55)56)46-47-32-25(37)10-3-19-15-24(62(51,52)53)18-29(48)31(19)32/h3-4,6-8,10-12,15-18,38,48H,2,5,9,13-14,37H2,1H3,(H,51,52,53)(H,54,55,56)(H,57,58,59)(H2,39,40,41,42,43). The molecule has 29 heteroatoms. The summed E-state index contributed by atoms with van der Waals surface area (Å²) < 4.78 is 128. The van der Waals surface area contributed by atoms with E-state index in [4.69, 9.17) is 21.9 Å². The Morgan fingerprint density at radius 1 is 0.781 bits per heavy atom. The van der Waals surface area contributed by atoms with E-state index in [1.807, 2.05) is 6.92 Å². The number of anilines is 5. The lowest BCUT2D eigenvalue weighted by atomic mass is 10.1. The van der Waals surface area contributed by atoms with Crippen molar-refractivity contribution in [3.63, 3.8) is 0 Å². The molecule has 24 nitrogen and oxygen atoms in total. The average Bonchev–Trinajstić information content (AvgIpc) is 3.19. The van der Waals surface area contributed by atoms with Crippen LogP contribution in [0.2, 0.25) is 5.28 Å². The van der Waals surface area contributed by atoms with Gasteiger partial charge in [0.1, 0.15) is 27.7 Å². The molecule has 338 valence electrons. The number of hydrogen-bond donors (Lipinski definition) is 8. The Labute approximate surface area is 369 Å². The molecule has 6 rings (SSSR count).